The molecule has 0 unspecified atom stereocenters. The van der Waals surface area contributed by atoms with Crippen molar-refractivity contribution in [3.05, 3.63) is 89.0 Å². The fourth-order valence-electron chi connectivity index (χ4n) is 3.65. The maximum absolute atomic E-state index is 12.8. The minimum absolute atomic E-state index is 0.0320. The van der Waals surface area contributed by atoms with Gasteiger partial charge in [0.1, 0.15) is 5.75 Å². The van der Waals surface area contributed by atoms with E-state index in [1.165, 1.54) is 32.4 Å². The first kappa shape index (κ1) is 23.5. The van der Waals surface area contributed by atoms with E-state index in [1.807, 2.05) is 24.3 Å². The number of ether oxygens (including phenoxy) is 3. The summed E-state index contributed by atoms with van der Waals surface area (Å²) in [5.41, 5.74) is 2.29. The summed E-state index contributed by atoms with van der Waals surface area (Å²) in [6, 6.07) is 18.2. The molecule has 4 rings (SSSR count). The van der Waals surface area contributed by atoms with Crippen molar-refractivity contribution < 1.29 is 33.4 Å². The molecule has 0 fully saturated rings. The SMILES string of the molecule is COC(=O)c1cc(NC(=O)c2ccc(CN3C(=O)COc4ccccc43)cc2)cc(C(=O)OC)c1. The Morgan fingerprint density at radius 1 is 0.886 bits per heavy atom. The zero-order valence-electron chi connectivity index (χ0n) is 19.1. The highest BCUT2D eigenvalue weighted by molar-refractivity contribution is 6.06. The molecule has 3 aromatic rings. The number of nitrogens with one attached hydrogen (secondary N) is 1. The second kappa shape index (κ2) is 10.1. The normalized spacial score (nSPS) is 12.3. The Bertz CT molecular complexity index is 1270. The number of rotatable bonds is 6. The Labute approximate surface area is 201 Å². The Hall–Kier alpha value is -4.66. The summed E-state index contributed by atoms with van der Waals surface area (Å²) >= 11 is 0. The molecule has 1 heterocycles. The average molecular weight is 474 g/mol. The van der Waals surface area contributed by atoms with Crippen molar-refractivity contribution in [2.75, 3.05) is 31.0 Å². The van der Waals surface area contributed by atoms with E-state index in [9.17, 15) is 19.2 Å². The average Bonchev–Trinajstić information content (AvgIpc) is 2.89. The van der Waals surface area contributed by atoms with Crippen LogP contribution in [-0.4, -0.2) is 44.6 Å². The number of esters is 2. The van der Waals surface area contributed by atoms with Crippen LogP contribution in [0.2, 0.25) is 0 Å². The van der Waals surface area contributed by atoms with Crippen LogP contribution >= 0.6 is 0 Å². The third-order valence-electron chi connectivity index (χ3n) is 5.40. The van der Waals surface area contributed by atoms with Crippen LogP contribution in [0.4, 0.5) is 11.4 Å². The third kappa shape index (κ3) is 5.14. The van der Waals surface area contributed by atoms with Crippen molar-refractivity contribution in [2.45, 2.75) is 6.54 Å². The van der Waals surface area contributed by atoms with E-state index in [4.69, 9.17) is 14.2 Å². The topological polar surface area (TPSA) is 111 Å². The lowest BCUT2D eigenvalue weighted by atomic mass is 10.1. The summed E-state index contributed by atoms with van der Waals surface area (Å²) < 4.78 is 14.9. The molecule has 2 amide bonds. The summed E-state index contributed by atoms with van der Waals surface area (Å²) in [6.45, 7) is 0.292. The molecular formula is C26H22N2O7. The predicted octanol–water partition coefficient (Wildman–Crippen LogP) is 3.44. The highest BCUT2D eigenvalue weighted by Crippen LogP contribution is 2.32. The van der Waals surface area contributed by atoms with Gasteiger partial charge in [0, 0.05) is 11.3 Å². The van der Waals surface area contributed by atoms with Crippen LogP contribution in [0.5, 0.6) is 5.75 Å². The van der Waals surface area contributed by atoms with Crippen molar-refractivity contribution in [1.82, 2.24) is 0 Å². The molecule has 0 radical (unpaired) electrons. The van der Waals surface area contributed by atoms with Crippen molar-refractivity contribution >= 4 is 35.1 Å². The first-order valence-corrected chi connectivity index (χ1v) is 10.6. The quantitative estimate of drug-likeness (QED) is 0.545. The van der Waals surface area contributed by atoms with Gasteiger partial charge in [0.25, 0.3) is 11.8 Å². The van der Waals surface area contributed by atoms with E-state index in [1.54, 1.807) is 29.2 Å². The number of para-hydroxylation sites is 2. The van der Waals surface area contributed by atoms with Gasteiger partial charge in [0.05, 0.1) is 37.6 Å². The number of amides is 2. The monoisotopic (exact) mass is 474 g/mol. The third-order valence-corrected chi connectivity index (χ3v) is 5.40. The van der Waals surface area contributed by atoms with Crippen LogP contribution in [0, 0.1) is 0 Å². The molecular weight excluding hydrogens is 452 g/mol. The molecule has 178 valence electrons. The fourth-order valence-corrected chi connectivity index (χ4v) is 3.65. The van der Waals surface area contributed by atoms with Crippen molar-refractivity contribution in [3.8, 4) is 5.75 Å². The number of anilines is 2. The van der Waals surface area contributed by atoms with Crippen LogP contribution in [0.15, 0.2) is 66.7 Å². The molecule has 1 aliphatic heterocycles. The molecule has 1 N–H and O–H groups in total. The smallest absolute Gasteiger partial charge is 0.337 e. The fraction of sp³-hybridized carbons (Fsp3) is 0.154. The number of carbonyl (C=O) groups excluding carboxylic acids is 4. The molecule has 0 aromatic heterocycles. The van der Waals surface area contributed by atoms with Crippen LogP contribution in [0.25, 0.3) is 0 Å². The van der Waals surface area contributed by atoms with E-state index in [-0.39, 0.29) is 29.3 Å². The molecule has 9 heteroatoms. The van der Waals surface area contributed by atoms with Gasteiger partial charge >= 0.3 is 11.9 Å². The van der Waals surface area contributed by atoms with Gasteiger partial charge in [0.2, 0.25) is 0 Å². The van der Waals surface area contributed by atoms with E-state index < -0.39 is 17.8 Å². The van der Waals surface area contributed by atoms with Gasteiger partial charge in [-0.1, -0.05) is 24.3 Å². The molecule has 0 bridgehead atoms. The number of methoxy groups -OCH3 is 2. The van der Waals surface area contributed by atoms with E-state index in [2.05, 4.69) is 5.32 Å². The van der Waals surface area contributed by atoms with Gasteiger partial charge in [-0.3, -0.25) is 9.59 Å². The van der Waals surface area contributed by atoms with Gasteiger partial charge in [-0.05, 0) is 48.0 Å². The molecule has 0 saturated heterocycles. The largest absolute Gasteiger partial charge is 0.482 e. The van der Waals surface area contributed by atoms with Crippen molar-refractivity contribution in [3.63, 3.8) is 0 Å². The lowest BCUT2D eigenvalue weighted by Gasteiger charge is -2.29. The first-order chi connectivity index (χ1) is 16.9. The molecule has 3 aromatic carbocycles. The Balaban J connectivity index is 1.51. The Kier molecular flexibility index (Phi) is 6.77. The van der Waals surface area contributed by atoms with Crippen LogP contribution in [0.3, 0.4) is 0 Å². The van der Waals surface area contributed by atoms with Gasteiger partial charge < -0.3 is 24.4 Å². The summed E-state index contributed by atoms with van der Waals surface area (Å²) in [7, 11) is 2.44. The van der Waals surface area contributed by atoms with Gasteiger partial charge in [-0.2, -0.15) is 0 Å². The standard InChI is InChI=1S/C26H22N2O7/c1-33-25(31)18-11-19(26(32)34-2)13-20(12-18)27-24(30)17-9-7-16(8-10-17)14-28-21-5-3-4-6-22(21)35-15-23(28)29/h3-13H,14-15H2,1-2H3,(H,27,30). The zero-order valence-corrected chi connectivity index (χ0v) is 19.1. The summed E-state index contributed by atoms with van der Waals surface area (Å²) in [4.78, 5) is 50.8. The number of hydrogen-bond acceptors (Lipinski definition) is 7. The van der Waals surface area contributed by atoms with E-state index >= 15 is 0 Å². The predicted molar refractivity (Wildman–Crippen MR) is 127 cm³/mol. The second-order valence-corrected chi connectivity index (χ2v) is 7.67. The molecule has 1 aliphatic rings. The van der Waals surface area contributed by atoms with Crippen molar-refractivity contribution in [1.29, 1.82) is 0 Å². The molecule has 0 spiro atoms. The molecule has 0 aliphatic carbocycles. The van der Waals surface area contributed by atoms with E-state index in [0.29, 0.717) is 23.5 Å². The van der Waals surface area contributed by atoms with E-state index in [0.717, 1.165) is 5.56 Å². The zero-order chi connectivity index (χ0) is 24.9. The number of carbonyl (C=O) groups is 4. The first-order valence-electron chi connectivity index (χ1n) is 10.6. The maximum Gasteiger partial charge on any atom is 0.337 e. The lowest BCUT2D eigenvalue weighted by Crippen LogP contribution is -2.38. The lowest BCUT2D eigenvalue weighted by molar-refractivity contribution is -0.121. The molecule has 0 saturated carbocycles. The number of benzene rings is 3. The highest BCUT2D eigenvalue weighted by atomic mass is 16.5. The maximum atomic E-state index is 12.8. The highest BCUT2D eigenvalue weighted by Gasteiger charge is 2.25. The van der Waals surface area contributed by atoms with Gasteiger partial charge in [-0.25, -0.2) is 9.59 Å². The minimum Gasteiger partial charge on any atom is -0.482 e. The summed E-state index contributed by atoms with van der Waals surface area (Å²) in [6.07, 6.45) is 0. The van der Waals surface area contributed by atoms with Crippen LogP contribution < -0.4 is 15.0 Å². The number of hydrogen-bond donors (Lipinski definition) is 1. The van der Waals surface area contributed by atoms with Crippen LogP contribution in [-0.2, 0) is 20.8 Å². The minimum atomic E-state index is -0.658. The number of nitrogens with zero attached hydrogens (tertiary/aromatic N) is 1. The second-order valence-electron chi connectivity index (χ2n) is 7.67. The van der Waals surface area contributed by atoms with Gasteiger partial charge in [0.15, 0.2) is 6.61 Å². The van der Waals surface area contributed by atoms with Crippen molar-refractivity contribution in [2.24, 2.45) is 0 Å². The molecule has 9 nitrogen and oxygen atoms in total. The summed E-state index contributed by atoms with van der Waals surface area (Å²) in [5, 5.41) is 2.68. The Morgan fingerprint density at radius 2 is 1.51 bits per heavy atom. The van der Waals surface area contributed by atoms with Crippen LogP contribution in [0.1, 0.15) is 36.6 Å². The number of fused-ring (bicyclic) bond motifs is 1. The molecule has 0 atom stereocenters. The molecule has 35 heavy (non-hydrogen) atoms. The van der Waals surface area contributed by atoms with Gasteiger partial charge in [-0.15, -0.1) is 0 Å². The summed E-state index contributed by atoms with van der Waals surface area (Å²) in [5.74, 6) is -1.27. The Morgan fingerprint density at radius 3 is 2.14 bits per heavy atom.